The van der Waals surface area contributed by atoms with Crippen LogP contribution in [0, 0.1) is 0 Å². The zero-order valence-electron chi connectivity index (χ0n) is 16.9. The number of benzene rings is 1. The zero-order chi connectivity index (χ0) is 20.9. The molecule has 0 fully saturated rings. The van der Waals surface area contributed by atoms with Crippen LogP contribution in [0.15, 0.2) is 41.8 Å². The van der Waals surface area contributed by atoms with Crippen LogP contribution in [0.4, 0.5) is 0 Å². The van der Waals surface area contributed by atoms with Crippen molar-refractivity contribution in [3.05, 3.63) is 47.4 Å². The number of nitrogens with zero attached hydrogens (tertiary/aromatic N) is 1. The molecule has 0 aliphatic carbocycles. The number of quaternary nitrogens is 1. The van der Waals surface area contributed by atoms with Crippen molar-refractivity contribution in [3.8, 4) is 0 Å². The second kappa shape index (κ2) is 8.87. The Morgan fingerprint density at radius 2 is 1.82 bits per heavy atom. The lowest BCUT2D eigenvalue weighted by atomic mass is 10.1. The molecule has 1 heterocycles. The predicted molar refractivity (Wildman–Crippen MR) is 108 cm³/mol. The van der Waals surface area contributed by atoms with Gasteiger partial charge in [-0.3, -0.25) is 9.59 Å². The van der Waals surface area contributed by atoms with E-state index >= 15 is 0 Å². The molecule has 7 nitrogen and oxygen atoms in total. The van der Waals surface area contributed by atoms with Gasteiger partial charge < -0.3 is 15.1 Å². The molecule has 2 atom stereocenters. The van der Waals surface area contributed by atoms with E-state index in [0.717, 1.165) is 10.5 Å². The Morgan fingerprint density at radius 3 is 2.36 bits per heavy atom. The number of hydrogen-bond acceptors (Lipinski definition) is 4. The molecule has 0 spiro atoms. The minimum atomic E-state index is -3.28. The van der Waals surface area contributed by atoms with Gasteiger partial charge in [0.25, 0.3) is 11.8 Å². The van der Waals surface area contributed by atoms with Crippen molar-refractivity contribution in [1.82, 2.24) is 10.2 Å². The van der Waals surface area contributed by atoms with Crippen molar-refractivity contribution in [1.29, 1.82) is 0 Å². The van der Waals surface area contributed by atoms with Gasteiger partial charge in [0.2, 0.25) is 0 Å². The van der Waals surface area contributed by atoms with Crippen molar-refractivity contribution in [2.24, 2.45) is 0 Å². The molecule has 0 aromatic heterocycles. The summed E-state index contributed by atoms with van der Waals surface area (Å²) < 4.78 is 23.7. The van der Waals surface area contributed by atoms with E-state index in [1.54, 1.807) is 18.0 Å². The van der Waals surface area contributed by atoms with Crippen molar-refractivity contribution in [2.45, 2.75) is 38.9 Å². The number of carbonyl (C=O) groups is 2. The second-order valence-corrected chi connectivity index (χ2v) is 10.3. The fourth-order valence-corrected chi connectivity index (χ4v) is 4.38. The van der Waals surface area contributed by atoms with Gasteiger partial charge in [-0.2, -0.15) is 0 Å². The lowest BCUT2D eigenvalue weighted by Crippen LogP contribution is -3.11. The Hall–Kier alpha value is -2.19. The molecule has 1 aromatic carbocycles. The molecule has 1 unspecified atom stereocenters. The summed E-state index contributed by atoms with van der Waals surface area (Å²) in [6.45, 7) is 6.31. The van der Waals surface area contributed by atoms with Gasteiger partial charge in [-0.25, -0.2) is 8.42 Å². The first-order valence-corrected chi connectivity index (χ1v) is 11.0. The predicted octanol–water partition coefficient (Wildman–Crippen LogP) is -0.245. The van der Waals surface area contributed by atoms with E-state index in [1.807, 2.05) is 51.1 Å². The topological polar surface area (TPSA) is 88.0 Å². The van der Waals surface area contributed by atoms with Crippen molar-refractivity contribution in [3.63, 3.8) is 0 Å². The molecule has 0 saturated heterocycles. The smallest absolute Gasteiger partial charge is 0.278 e. The number of likely N-dealkylation sites (N-methyl/N-ethyl adjacent to an activating group) is 1. The van der Waals surface area contributed by atoms with Crippen LogP contribution in [0.5, 0.6) is 0 Å². The molecule has 2 rings (SSSR count). The average molecular weight is 409 g/mol. The maximum Gasteiger partial charge on any atom is 0.278 e. The molecular formula is C20H30N3O4S+. The quantitative estimate of drug-likeness (QED) is 0.652. The summed E-state index contributed by atoms with van der Waals surface area (Å²) in [7, 11) is -1.50. The fraction of sp³-hybridized carbons (Fsp3) is 0.500. The highest BCUT2D eigenvalue weighted by Crippen LogP contribution is 2.17. The zero-order valence-corrected chi connectivity index (χ0v) is 17.8. The van der Waals surface area contributed by atoms with Crippen molar-refractivity contribution in [2.75, 3.05) is 25.9 Å². The highest BCUT2D eigenvalue weighted by molar-refractivity contribution is 7.94. The van der Waals surface area contributed by atoms with Crippen LogP contribution in [0.1, 0.15) is 26.3 Å². The maximum atomic E-state index is 13.0. The van der Waals surface area contributed by atoms with Crippen LogP contribution < -0.4 is 10.2 Å². The summed E-state index contributed by atoms with van der Waals surface area (Å²) in [4.78, 5) is 27.4. The Morgan fingerprint density at radius 1 is 1.18 bits per heavy atom. The van der Waals surface area contributed by atoms with Gasteiger partial charge in [0, 0.05) is 17.5 Å². The minimum Gasteiger partial charge on any atom is -0.347 e. The van der Waals surface area contributed by atoms with Crippen LogP contribution in [0.25, 0.3) is 0 Å². The summed E-state index contributed by atoms with van der Waals surface area (Å²) >= 11 is 0. The average Bonchev–Trinajstić information content (AvgIpc) is 2.91. The Kier molecular flexibility index (Phi) is 7.01. The Balaban J connectivity index is 2.06. The monoisotopic (exact) mass is 408 g/mol. The summed E-state index contributed by atoms with van der Waals surface area (Å²) in [6, 6.07) is 8.97. The number of rotatable bonds is 7. The first kappa shape index (κ1) is 22.1. The van der Waals surface area contributed by atoms with E-state index in [1.165, 1.54) is 5.41 Å². The molecule has 1 aliphatic heterocycles. The van der Waals surface area contributed by atoms with Crippen LogP contribution in [-0.4, -0.2) is 62.6 Å². The van der Waals surface area contributed by atoms with Gasteiger partial charge in [-0.05, 0) is 32.4 Å². The number of nitrogens with one attached hydrogen (secondary N) is 2. The van der Waals surface area contributed by atoms with Crippen LogP contribution in [0.3, 0.4) is 0 Å². The van der Waals surface area contributed by atoms with E-state index in [0.29, 0.717) is 6.54 Å². The van der Waals surface area contributed by atoms with Gasteiger partial charge in [-0.1, -0.05) is 30.3 Å². The highest BCUT2D eigenvalue weighted by Gasteiger charge is 2.32. The fourth-order valence-electron chi connectivity index (χ4n) is 3.08. The first-order chi connectivity index (χ1) is 13.0. The van der Waals surface area contributed by atoms with Gasteiger partial charge in [-0.15, -0.1) is 0 Å². The van der Waals surface area contributed by atoms with E-state index in [4.69, 9.17) is 0 Å². The lowest BCUT2D eigenvalue weighted by molar-refractivity contribution is -0.863. The SMILES string of the molecule is C[NH+](CC(=O)NC(C)(C)C)CC(=O)N(Cc1ccccc1)[C@@H]1C=CS(=O)(=O)C1. The Bertz CT molecular complexity index is 829. The van der Waals surface area contributed by atoms with Gasteiger partial charge in [0.05, 0.1) is 18.8 Å². The number of sulfone groups is 1. The van der Waals surface area contributed by atoms with Crippen molar-refractivity contribution < 1.29 is 22.9 Å². The van der Waals surface area contributed by atoms with E-state index < -0.39 is 15.9 Å². The molecule has 2 amide bonds. The van der Waals surface area contributed by atoms with Crippen LogP contribution in [-0.2, 0) is 26.0 Å². The number of hydrogen-bond donors (Lipinski definition) is 2. The van der Waals surface area contributed by atoms with Crippen LogP contribution in [0.2, 0.25) is 0 Å². The van der Waals surface area contributed by atoms with E-state index in [9.17, 15) is 18.0 Å². The molecule has 154 valence electrons. The molecule has 1 aromatic rings. The standard InChI is InChI=1S/C20H29N3O4S/c1-20(2,3)21-18(24)13-22(4)14-19(25)23(12-16-8-6-5-7-9-16)17-10-11-28(26,27)15-17/h5-11,17H,12-15H2,1-4H3,(H,21,24)/p+1/t17-/m1/s1. The summed E-state index contributed by atoms with van der Waals surface area (Å²) in [5.74, 6) is -0.415. The molecule has 2 N–H and O–H groups in total. The molecule has 1 aliphatic rings. The van der Waals surface area contributed by atoms with Crippen LogP contribution >= 0.6 is 0 Å². The van der Waals surface area contributed by atoms with E-state index in [-0.39, 0.29) is 36.2 Å². The largest absolute Gasteiger partial charge is 0.347 e. The maximum absolute atomic E-state index is 13.0. The second-order valence-electron chi connectivity index (χ2n) is 8.34. The summed E-state index contributed by atoms with van der Waals surface area (Å²) in [5, 5.41) is 4.06. The molecule has 8 heteroatoms. The van der Waals surface area contributed by atoms with Gasteiger partial charge in [0.15, 0.2) is 22.9 Å². The lowest BCUT2D eigenvalue weighted by Gasteiger charge is -2.28. The summed E-state index contributed by atoms with van der Waals surface area (Å²) in [5.41, 5.74) is 0.598. The van der Waals surface area contributed by atoms with Crippen molar-refractivity contribution >= 4 is 21.7 Å². The highest BCUT2D eigenvalue weighted by atomic mass is 32.2. The van der Waals surface area contributed by atoms with Gasteiger partial charge >= 0.3 is 0 Å². The molecule has 0 saturated carbocycles. The third kappa shape index (κ3) is 7.09. The van der Waals surface area contributed by atoms with E-state index in [2.05, 4.69) is 5.32 Å². The molecule has 0 bridgehead atoms. The molecule has 28 heavy (non-hydrogen) atoms. The molecular weight excluding hydrogens is 378 g/mol. The third-order valence-corrected chi connectivity index (χ3v) is 5.64. The number of amides is 2. The number of carbonyl (C=O) groups excluding carboxylic acids is 2. The molecule has 0 radical (unpaired) electrons. The summed E-state index contributed by atoms with van der Waals surface area (Å²) in [6.07, 6.45) is 1.57. The normalized spacial score (nSPS) is 19.2. The Labute approximate surface area is 167 Å². The first-order valence-electron chi connectivity index (χ1n) is 9.32. The van der Waals surface area contributed by atoms with Gasteiger partial charge in [0.1, 0.15) is 0 Å². The minimum absolute atomic E-state index is 0.102. The third-order valence-electron chi connectivity index (χ3n) is 4.26.